The summed E-state index contributed by atoms with van der Waals surface area (Å²) in [7, 11) is 1.54. The van der Waals surface area contributed by atoms with Crippen LogP contribution in [0.25, 0.3) is 0 Å². The average molecular weight is 334 g/mol. The third kappa shape index (κ3) is 3.77. The van der Waals surface area contributed by atoms with Crippen molar-refractivity contribution in [2.24, 2.45) is 5.92 Å². The van der Waals surface area contributed by atoms with Crippen molar-refractivity contribution in [1.29, 1.82) is 0 Å². The summed E-state index contributed by atoms with van der Waals surface area (Å²) in [5.41, 5.74) is 1.82. The lowest BCUT2D eigenvalue weighted by atomic mass is 9.79. The van der Waals surface area contributed by atoms with Crippen LogP contribution in [0.15, 0.2) is 18.2 Å². The van der Waals surface area contributed by atoms with Gasteiger partial charge < -0.3 is 19.1 Å². The number of aromatic nitrogens is 1. The molecule has 24 heavy (non-hydrogen) atoms. The summed E-state index contributed by atoms with van der Waals surface area (Å²) in [4.78, 5) is 18.1. The molecule has 1 amide bonds. The molecule has 0 radical (unpaired) electrons. The second-order valence-electron chi connectivity index (χ2n) is 6.69. The summed E-state index contributed by atoms with van der Waals surface area (Å²) in [6.45, 7) is 5.50. The Labute approximate surface area is 143 Å². The van der Waals surface area contributed by atoms with E-state index in [-0.39, 0.29) is 18.1 Å². The zero-order chi connectivity index (χ0) is 17.0. The molecule has 0 saturated carbocycles. The fourth-order valence-corrected chi connectivity index (χ4v) is 3.62. The zero-order valence-corrected chi connectivity index (χ0v) is 14.5. The highest BCUT2D eigenvalue weighted by Crippen LogP contribution is 2.41. The van der Waals surface area contributed by atoms with Crippen LogP contribution >= 0.6 is 0 Å². The third-order valence-electron chi connectivity index (χ3n) is 4.94. The van der Waals surface area contributed by atoms with Gasteiger partial charge in [-0.2, -0.15) is 0 Å². The number of carbonyl (C=O) groups is 1. The molecule has 0 N–H and O–H groups in total. The Kier molecular flexibility index (Phi) is 5.48. The first-order chi connectivity index (χ1) is 11.6. The number of rotatable bonds is 7. The molecule has 0 bridgehead atoms. The molecule has 1 spiro atoms. The first-order valence-electron chi connectivity index (χ1n) is 8.54. The number of aryl methyl sites for hydroxylation is 1. The molecular formula is C18H26N2O4. The van der Waals surface area contributed by atoms with E-state index < -0.39 is 0 Å². The number of hydrogen-bond acceptors (Lipinski definition) is 5. The van der Waals surface area contributed by atoms with Crippen LogP contribution in [0.1, 0.15) is 24.2 Å². The number of likely N-dealkylation sites (tertiary alicyclic amines) is 1. The van der Waals surface area contributed by atoms with E-state index in [0.29, 0.717) is 32.2 Å². The Bertz CT molecular complexity index is 572. The maximum atomic E-state index is 11.8. The second-order valence-corrected chi connectivity index (χ2v) is 6.69. The molecule has 0 aliphatic carbocycles. The molecule has 132 valence electrons. The van der Waals surface area contributed by atoms with Crippen LogP contribution in [0.3, 0.4) is 0 Å². The first kappa shape index (κ1) is 17.3. The number of amides is 1. The molecule has 2 saturated heterocycles. The van der Waals surface area contributed by atoms with Crippen LogP contribution in [-0.4, -0.2) is 61.4 Å². The molecule has 6 nitrogen and oxygen atoms in total. The van der Waals surface area contributed by atoms with E-state index in [0.717, 1.165) is 30.8 Å². The van der Waals surface area contributed by atoms with E-state index in [2.05, 4.69) is 4.98 Å². The van der Waals surface area contributed by atoms with Gasteiger partial charge in [-0.1, -0.05) is 6.07 Å². The van der Waals surface area contributed by atoms with Crippen LogP contribution in [0.5, 0.6) is 0 Å². The molecule has 1 aromatic heterocycles. The Morgan fingerprint density at radius 1 is 1.46 bits per heavy atom. The lowest BCUT2D eigenvalue weighted by Crippen LogP contribution is -2.66. The molecule has 0 aromatic carbocycles. The van der Waals surface area contributed by atoms with Crippen LogP contribution in [0.4, 0.5) is 0 Å². The first-order valence-corrected chi connectivity index (χ1v) is 8.54. The Morgan fingerprint density at radius 3 is 3.04 bits per heavy atom. The summed E-state index contributed by atoms with van der Waals surface area (Å²) in [6, 6.07) is 5.97. The van der Waals surface area contributed by atoms with Crippen LogP contribution < -0.4 is 0 Å². The summed E-state index contributed by atoms with van der Waals surface area (Å²) < 4.78 is 16.7. The molecule has 1 atom stereocenters. The molecule has 0 unspecified atom stereocenters. The number of hydrogen-bond donors (Lipinski definition) is 0. The number of carbonyl (C=O) groups excluding carboxylic acids is 1. The third-order valence-corrected chi connectivity index (χ3v) is 4.94. The van der Waals surface area contributed by atoms with Gasteiger partial charge in [-0.25, -0.2) is 0 Å². The zero-order valence-electron chi connectivity index (χ0n) is 14.5. The van der Waals surface area contributed by atoms with E-state index in [9.17, 15) is 4.79 Å². The van der Waals surface area contributed by atoms with Gasteiger partial charge in [0, 0.05) is 26.0 Å². The van der Waals surface area contributed by atoms with Crippen LogP contribution in [-0.2, 0) is 25.6 Å². The monoisotopic (exact) mass is 334 g/mol. The van der Waals surface area contributed by atoms with E-state index in [1.54, 1.807) is 7.11 Å². The molecule has 2 fully saturated rings. The topological polar surface area (TPSA) is 60.9 Å². The minimum Gasteiger partial charge on any atom is -0.375 e. The standard InChI is InChI=1S/C18H26N2O4/c1-14-4-3-5-16(19-14)10-23-8-6-15-7-9-24-18(15)12-20(13-18)17(21)11-22-2/h3-5,15H,6-13H2,1-2H3/t15-/m0/s1. The van der Waals surface area contributed by atoms with Gasteiger partial charge in [0.25, 0.3) is 0 Å². The maximum absolute atomic E-state index is 11.8. The molecule has 1 aromatic rings. The lowest BCUT2D eigenvalue weighted by Gasteiger charge is -2.50. The van der Waals surface area contributed by atoms with Crippen LogP contribution in [0.2, 0.25) is 0 Å². The molecule has 3 rings (SSSR count). The summed E-state index contributed by atoms with van der Waals surface area (Å²) >= 11 is 0. The van der Waals surface area contributed by atoms with E-state index >= 15 is 0 Å². The fourth-order valence-electron chi connectivity index (χ4n) is 3.62. The smallest absolute Gasteiger partial charge is 0.248 e. The van der Waals surface area contributed by atoms with Crippen molar-refractivity contribution in [2.45, 2.75) is 32.0 Å². The van der Waals surface area contributed by atoms with Gasteiger partial charge in [-0.15, -0.1) is 0 Å². The highest BCUT2D eigenvalue weighted by atomic mass is 16.5. The highest BCUT2D eigenvalue weighted by molar-refractivity contribution is 5.78. The van der Waals surface area contributed by atoms with Crippen molar-refractivity contribution in [3.8, 4) is 0 Å². The number of nitrogens with zero attached hydrogens (tertiary/aromatic N) is 2. The van der Waals surface area contributed by atoms with Gasteiger partial charge >= 0.3 is 0 Å². The van der Waals surface area contributed by atoms with Crippen molar-refractivity contribution in [2.75, 3.05) is 40.0 Å². The average Bonchev–Trinajstić information content (AvgIpc) is 2.94. The van der Waals surface area contributed by atoms with Crippen molar-refractivity contribution < 1.29 is 19.0 Å². The molecule has 2 aliphatic heterocycles. The van der Waals surface area contributed by atoms with Gasteiger partial charge in [-0.05, 0) is 37.8 Å². The quantitative estimate of drug-likeness (QED) is 0.708. The second kappa shape index (κ2) is 7.59. The van der Waals surface area contributed by atoms with Crippen molar-refractivity contribution in [3.63, 3.8) is 0 Å². The Hall–Kier alpha value is -1.50. The van der Waals surface area contributed by atoms with Gasteiger partial charge in [0.2, 0.25) is 5.91 Å². The molecule has 2 aliphatic rings. The van der Waals surface area contributed by atoms with Crippen molar-refractivity contribution in [1.82, 2.24) is 9.88 Å². The van der Waals surface area contributed by atoms with Gasteiger partial charge in [0.05, 0.1) is 25.4 Å². The van der Waals surface area contributed by atoms with Gasteiger partial charge in [-0.3, -0.25) is 9.78 Å². The van der Waals surface area contributed by atoms with Crippen LogP contribution in [0, 0.1) is 12.8 Å². The number of ether oxygens (including phenoxy) is 3. The maximum Gasteiger partial charge on any atom is 0.248 e. The van der Waals surface area contributed by atoms with Crippen molar-refractivity contribution >= 4 is 5.91 Å². The normalized spacial score (nSPS) is 21.9. The number of pyridine rings is 1. The fraction of sp³-hybridized carbons (Fsp3) is 0.667. The largest absolute Gasteiger partial charge is 0.375 e. The van der Waals surface area contributed by atoms with Gasteiger partial charge in [0.1, 0.15) is 12.2 Å². The molecule has 6 heteroatoms. The highest BCUT2D eigenvalue weighted by Gasteiger charge is 2.53. The minimum atomic E-state index is -0.158. The SMILES string of the molecule is COCC(=O)N1CC2(C1)OCC[C@@H]2CCOCc1cccc(C)n1. The summed E-state index contributed by atoms with van der Waals surface area (Å²) in [6.07, 6.45) is 2.00. The number of methoxy groups -OCH3 is 1. The van der Waals surface area contributed by atoms with E-state index in [1.165, 1.54) is 0 Å². The predicted molar refractivity (Wildman–Crippen MR) is 88.5 cm³/mol. The van der Waals surface area contributed by atoms with E-state index in [1.807, 2.05) is 30.0 Å². The summed E-state index contributed by atoms with van der Waals surface area (Å²) in [5, 5.41) is 0. The predicted octanol–water partition coefficient (Wildman–Crippen LogP) is 1.56. The Morgan fingerprint density at radius 2 is 2.29 bits per heavy atom. The Balaban J connectivity index is 1.42. The van der Waals surface area contributed by atoms with E-state index in [4.69, 9.17) is 14.2 Å². The van der Waals surface area contributed by atoms with Gasteiger partial charge in [0.15, 0.2) is 0 Å². The lowest BCUT2D eigenvalue weighted by molar-refractivity contribution is -0.169. The molecule has 3 heterocycles. The van der Waals surface area contributed by atoms with Crippen molar-refractivity contribution in [3.05, 3.63) is 29.6 Å². The minimum absolute atomic E-state index is 0.0409. The summed E-state index contributed by atoms with van der Waals surface area (Å²) in [5.74, 6) is 0.494. The molecular weight excluding hydrogens is 308 g/mol.